The molecule has 0 fully saturated rings. The Morgan fingerprint density at radius 3 is 2.23 bits per heavy atom. The minimum Gasteiger partial charge on any atom is -0.277 e. The number of hydrogen-bond acceptors (Lipinski definition) is 1. The highest BCUT2D eigenvalue weighted by atomic mass is 19.4. The number of H-pyrrole nitrogens is 1. The monoisotopic (exact) mass is 302 g/mol. The van der Waals surface area contributed by atoms with Crippen molar-refractivity contribution >= 4 is 0 Å². The number of rotatable bonds is 2. The molecule has 0 amide bonds. The molecule has 1 heterocycles. The lowest BCUT2D eigenvalue weighted by atomic mass is 10.0. The largest absolute Gasteiger partial charge is 0.420 e. The maximum Gasteiger partial charge on any atom is 0.420 e. The fourth-order valence-corrected chi connectivity index (χ4v) is 2.43. The first-order valence-corrected chi connectivity index (χ1v) is 6.75. The Labute approximate surface area is 125 Å². The van der Waals surface area contributed by atoms with Gasteiger partial charge in [-0.25, -0.2) is 0 Å². The quantitative estimate of drug-likeness (QED) is 0.703. The third-order valence-electron chi connectivity index (χ3n) is 3.40. The highest BCUT2D eigenvalue weighted by molar-refractivity contribution is 5.75. The smallest absolute Gasteiger partial charge is 0.277 e. The maximum absolute atomic E-state index is 13.6. The topological polar surface area (TPSA) is 28.7 Å². The lowest BCUT2D eigenvalue weighted by molar-refractivity contribution is -0.136. The van der Waals surface area contributed by atoms with E-state index in [1.807, 2.05) is 13.0 Å². The van der Waals surface area contributed by atoms with Gasteiger partial charge in [0.25, 0.3) is 0 Å². The van der Waals surface area contributed by atoms with Crippen LogP contribution in [0.4, 0.5) is 13.2 Å². The van der Waals surface area contributed by atoms with E-state index in [9.17, 15) is 13.2 Å². The molecule has 0 aliphatic carbocycles. The zero-order valence-corrected chi connectivity index (χ0v) is 11.8. The van der Waals surface area contributed by atoms with Crippen LogP contribution in [0.3, 0.4) is 0 Å². The van der Waals surface area contributed by atoms with Crippen LogP contribution >= 0.6 is 0 Å². The summed E-state index contributed by atoms with van der Waals surface area (Å²) in [6.45, 7) is 1.83. The second kappa shape index (κ2) is 5.33. The van der Waals surface area contributed by atoms with E-state index >= 15 is 0 Å². The zero-order chi connectivity index (χ0) is 15.7. The van der Waals surface area contributed by atoms with Crippen molar-refractivity contribution in [2.75, 3.05) is 0 Å². The van der Waals surface area contributed by atoms with Gasteiger partial charge < -0.3 is 0 Å². The minimum absolute atomic E-state index is 0.00962. The summed E-state index contributed by atoms with van der Waals surface area (Å²) in [4.78, 5) is 0. The molecule has 22 heavy (non-hydrogen) atoms. The summed E-state index contributed by atoms with van der Waals surface area (Å²) in [6.07, 6.45) is -4.49. The van der Waals surface area contributed by atoms with Crippen molar-refractivity contribution in [3.63, 3.8) is 0 Å². The number of aromatic amines is 1. The second-order valence-corrected chi connectivity index (χ2v) is 5.06. The van der Waals surface area contributed by atoms with Crippen LogP contribution in [0.25, 0.3) is 22.5 Å². The predicted octanol–water partition coefficient (Wildman–Crippen LogP) is 5.07. The third kappa shape index (κ3) is 2.62. The number of alkyl halides is 3. The van der Waals surface area contributed by atoms with Crippen molar-refractivity contribution in [3.8, 4) is 22.5 Å². The molecule has 0 bridgehead atoms. The molecular weight excluding hydrogens is 289 g/mol. The van der Waals surface area contributed by atoms with Gasteiger partial charge in [0.2, 0.25) is 0 Å². The standard InChI is InChI=1S/C17H13F3N2/c1-11-6-5-9-13(10-11)16-14(17(18,19)20)15(21-22-16)12-7-3-2-4-8-12/h2-10H,1H3,(H,21,22). The molecule has 0 radical (unpaired) electrons. The molecule has 0 saturated carbocycles. The van der Waals surface area contributed by atoms with Crippen LogP contribution in [-0.4, -0.2) is 10.2 Å². The van der Waals surface area contributed by atoms with Crippen LogP contribution in [0.5, 0.6) is 0 Å². The highest BCUT2D eigenvalue weighted by Crippen LogP contribution is 2.41. The average molecular weight is 302 g/mol. The van der Waals surface area contributed by atoms with Crippen molar-refractivity contribution < 1.29 is 13.2 Å². The molecule has 0 spiro atoms. The van der Waals surface area contributed by atoms with Crippen molar-refractivity contribution in [2.24, 2.45) is 0 Å². The second-order valence-electron chi connectivity index (χ2n) is 5.06. The van der Waals surface area contributed by atoms with E-state index in [2.05, 4.69) is 10.2 Å². The molecule has 112 valence electrons. The Balaban J connectivity index is 2.23. The Morgan fingerprint density at radius 1 is 0.909 bits per heavy atom. The van der Waals surface area contributed by atoms with E-state index in [4.69, 9.17) is 0 Å². The minimum atomic E-state index is -4.49. The van der Waals surface area contributed by atoms with Gasteiger partial charge in [-0.05, 0) is 13.0 Å². The summed E-state index contributed by atoms with van der Waals surface area (Å²) in [5.74, 6) is 0. The summed E-state index contributed by atoms with van der Waals surface area (Å²) in [5, 5.41) is 6.47. The van der Waals surface area contributed by atoms with Gasteiger partial charge in [0, 0.05) is 11.1 Å². The molecule has 0 aliphatic heterocycles. The first-order valence-electron chi connectivity index (χ1n) is 6.75. The fraction of sp³-hybridized carbons (Fsp3) is 0.118. The fourth-order valence-electron chi connectivity index (χ4n) is 2.43. The van der Waals surface area contributed by atoms with E-state index in [0.29, 0.717) is 11.1 Å². The third-order valence-corrected chi connectivity index (χ3v) is 3.40. The van der Waals surface area contributed by atoms with Crippen molar-refractivity contribution in [1.82, 2.24) is 10.2 Å². The van der Waals surface area contributed by atoms with Crippen LogP contribution in [0.15, 0.2) is 54.6 Å². The van der Waals surface area contributed by atoms with Gasteiger partial charge >= 0.3 is 6.18 Å². The Morgan fingerprint density at radius 2 is 1.59 bits per heavy atom. The van der Waals surface area contributed by atoms with Crippen molar-refractivity contribution in [1.29, 1.82) is 0 Å². The number of nitrogens with zero attached hydrogens (tertiary/aromatic N) is 1. The lowest BCUT2D eigenvalue weighted by Gasteiger charge is -2.10. The molecular formula is C17H13F3N2. The summed E-state index contributed by atoms with van der Waals surface area (Å²) < 4.78 is 40.7. The Hall–Kier alpha value is -2.56. The highest BCUT2D eigenvalue weighted by Gasteiger charge is 2.39. The van der Waals surface area contributed by atoms with Gasteiger partial charge in [0.05, 0.1) is 5.69 Å². The van der Waals surface area contributed by atoms with Gasteiger partial charge in [-0.1, -0.05) is 54.1 Å². The molecule has 2 nitrogen and oxygen atoms in total. The SMILES string of the molecule is Cc1cccc(-c2n[nH]c(-c3ccccc3)c2C(F)(F)F)c1. The van der Waals surface area contributed by atoms with Crippen molar-refractivity contribution in [3.05, 3.63) is 65.7 Å². The number of halogens is 3. The maximum atomic E-state index is 13.6. The van der Waals surface area contributed by atoms with Gasteiger partial charge in [-0.3, -0.25) is 5.10 Å². The molecule has 0 unspecified atom stereocenters. The van der Waals surface area contributed by atoms with E-state index in [0.717, 1.165) is 5.56 Å². The van der Waals surface area contributed by atoms with E-state index in [1.54, 1.807) is 48.5 Å². The molecule has 5 heteroatoms. The van der Waals surface area contributed by atoms with Crippen LogP contribution in [0.1, 0.15) is 11.1 Å². The predicted molar refractivity (Wildman–Crippen MR) is 79.2 cm³/mol. The van der Waals surface area contributed by atoms with Crippen LogP contribution in [0.2, 0.25) is 0 Å². The van der Waals surface area contributed by atoms with E-state index < -0.39 is 11.7 Å². The summed E-state index contributed by atoms with van der Waals surface area (Å²) >= 11 is 0. The van der Waals surface area contributed by atoms with Gasteiger partial charge in [-0.15, -0.1) is 0 Å². The summed E-state index contributed by atoms with van der Waals surface area (Å²) in [5.41, 5.74) is 0.978. The summed E-state index contributed by atoms with van der Waals surface area (Å²) in [7, 11) is 0. The molecule has 2 aromatic carbocycles. The van der Waals surface area contributed by atoms with Crippen LogP contribution < -0.4 is 0 Å². The first-order chi connectivity index (χ1) is 10.5. The molecule has 3 rings (SSSR count). The number of aromatic nitrogens is 2. The molecule has 0 atom stereocenters. The first kappa shape index (κ1) is 14.4. The van der Waals surface area contributed by atoms with Crippen molar-refractivity contribution in [2.45, 2.75) is 13.1 Å². The molecule has 1 aromatic heterocycles. The number of benzene rings is 2. The van der Waals surface area contributed by atoms with Gasteiger partial charge in [-0.2, -0.15) is 18.3 Å². The molecule has 3 aromatic rings. The Bertz CT molecular complexity index is 789. The Kier molecular flexibility index (Phi) is 3.48. The number of aryl methyl sites for hydroxylation is 1. The number of hydrogen-bond donors (Lipinski definition) is 1. The van der Waals surface area contributed by atoms with Crippen LogP contribution in [-0.2, 0) is 6.18 Å². The molecule has 0 saturated heterocycles. The number of nitrogens with one attached hydrogen (secondary N) is 1. The van der Waals surface area contributed by atoms with Gasteiger partial charge in [0.15, 0.2) is 0 Å². The molecule has 0 aliphatic rings. The lowest BCUT2D eigenvalue weighted by Crippen LogP contribution is -2.07. The molecule has 1 N–H and O–H groups in total. The average Bonchev–Trinajstić information content (AvgIpc) is 2.93. The van der Waals surface area contributed by atoms with Crippen LogP contribution in [0, 0.1) is 6.92 Å². The van der Waals surface area contributed by atoms with E-state index in [-0.39, 0.29) is 11.4 Å². The van der Waals surface area contributed by atoms with E-state index in [1.165, 1.54) is 0 Å². The van der Waals surface area contributed by atoms with Gasteiger partial charge in [0.1, 0.15) is 11.3 Å². The summed E-state index contributed by atoms with van der Waals surface area (Å²) in [6, 6.07) is 15.3. The zero-order valence-electron chi connectivity index (χ0n) is 11.8. The normalized spacial score (nSPS) is 11.6.